The van der Waals surface area contributed by atoms with Crippen LogP contribution in [-0.4, -0.2) is 37.2 Å². The lowest BCUT2D eigenvalue weighted by Crippen LogP contribution is -2.30. The summed E-state index contributed by atoms with van der Waals surface area (Å²) in [6.07, 6.45) is 83.5. The maximum atomic E-state index is 12.8. The van der Waals surface area contributed by atoms with Crippen LogP contribution in [0, 0.1) is 0 Å². The summed E-state index contributed by atoms with van der Waals surface area (Å²) in [5.41, 5.74) is 0. The van der Waals surface area contributed by atoms with Gasteiger partial charge in [-0.15, -0.1) is 0 Å². The zero-order chi connectivity index (χ0) is 52.9. The third-order valence-electron chi connectivity index (χ3n) is 12.5. The predicted octanol–water partition coefficient (Wildman–Crippen LogP) is 20.4. The van der Waals surface area contributed by atoms with Crippen molar-refractivity contribution in [1.29, 1.82) is 0 Å². The molecule has 0 amide bonds. The third-order valence-corrected chi connectivity index (χ3v) is 12.5. The van der Waals surface area contributed by atoms with Gasteiger partial charge in [-0.2, -0.15) is 0 Å². The number of carbonyl (C=O) groups is 3. The first-order valence-corrected chi connectivity index (χ1v) is 30.0. The summed E-state index contributed by atoms with van der Waals surface area (Å²) < 4.78 is 16.8. The van der Waals surface area contributed by atoms with Crippen molar-refractivity contribution in [1.82, 2.24) is 0 Å². The summed E-state index contributed by atoms with van der Waals surface area (Å²) in [5, 5.41) is 0. The molecule has 0 heterocycles. The van der Waals surface area contributed by atoms with E-state index in [-0.39, 0.29) is 37.5 Å². The van der Waals surface area contributed by atoms with Gasteiger partial charge in [0.15, 0.2) is 6.10 Å². The van der Waals surface area contributed by atoms with Gasteiger partial charge < -0.3 is 14.2 Å². The minimum absolute atomic E-state index is 0.0959. The van der Waals surface area contributed by atoms with Crippen LogP contribution in [0.2, 0.25) is 0 Å². The first-order valence-electron chi connectivity index (χ1n) is 30.0. The van der Waals surface area contributed by atoms with E-state index >= 15 is 0 Å². The van der Waals surface area contributed by atoms with Crippen molar-refractivity contribution in [2.24, 2.45) is 0 Å². The fourth-order valence-electron chi connectivity index (χ4n) is 8.03. The topological polar surface area (TPSA) is 78.9 Å². The highest BCUT2D eigenvalue weighted by molar-refractivity contribution is 5.71. The zero-order valence-corrected chi connectivity index (χ0v) is 47.4. The van der Waals surface area contributed by atoms with E-state index in [4.69, 9.17) is 14.2 Å². The SMILES string of the molecule is CC/C=C\C/C=C\C/C=C\C/C=C\C/C=C\C/C=C\CCCCCCCCCCCCC(=O)OCC(COC(=O)CCCCCCCCCCCCC)OC(=O)CCCC/C=C\C/C=C\C/C=C\C/C=C\CC. The van der Waals surface area contributed by atoms with E-state index in [2.05, 4.69) is 142 Å². The Labute approximate surface area is 450 Å². The average Bonchev–Trinajstić information content (AvgIpc) is 3.39. The number of hydrogen-bond acceptors (Lipinski definition) is 6. The van der Waals surface area contributed by atoms with E-state index in [1.165, 1.54) is 103 Å². The van der Waals surface area contributed by atoms with Crippen molar-refractivity contribution in [3.05, 3.63) is 122 Å². The van der Waals surface area contributed by atoms with Gasteiger partial charge in [0.05, 0.1) is 0 Å². The molecule has 0 aromatic rings. The Kier molecular flexibility index (Phi) is 56.9. The lowest BCUT2D eigenvalue weighted by Gasteiger charge is -2.18. The van der Waals surface area contributed by atoms with E-state index in [1.807, 2.05) is 0 Å². The molecule has 6 nitrogen and oxygen atoms in total. The molecule has 0 rings (SSSR count). The number of allylic oxidation sites excluding steroid dienone is 20. The van der Waals surface area contributed by atoms with Crippen LogP contribution in [0.15, 0.2) is 122 Å². The van der Waals surface area contributed by atoms with Crippen LogP contribution in [-0.2, 0) is 28.6 Å². The van der Waals surface area contributed by atoms with Gasteiger partial charge >= 0.3 is 17.9 Å². The molecule has 0 aliphatic carbocycles. The number of unbranched alkanes of at least 4 members (excludes halogenated alkanes) is 22. The van der Waals surface area contributed by atoms with Crippen LogP contribution in [0.5, 0.6) is 0 Å². The Morgan fingerprint density at radius 3 is 0.863 bits per heavy atom. The molecule has 0 spiro atoms. The van der Waals surface area contributed by atoms with Gasteiger partial charge in [-0.05, 0) is 109 Å². The molecule has 0 bridgehead atoms. The molecule has 0 aromatic heterocycles. The van der Waals surface area contributed by atoms with Gasteiger partial charge in [-0.1, -0.05) is 258 Å². The minimum Gasteiger partial charge on any atom is -0.462 e. The molecular formula is C67H110O6. The molecule has 0 saturated heterocycles. The fraction of sp³-hybridized carbons (Fsp3) is 0.657. The van der Waals surface area contributed by atoms with Gasteiger partial charge in [-0.3, -0.25) is 14.4 Å². The zero-order valence-electron chi connectivity index (χ0n) is 47.4. The number of ether oxygens (including phenoxy) is 3. The minimum atomic E-state index is -0.802. The van der Waals surface area contributed by atoms with E-state index in [9.17, 15) is 14.4 Å². The standard InChI is InChI=1S/C67H110O6/c1-4-7-10-13-16-19-22-24-26-27-28-29-30-31-32-33-34-35-36-37-38-39-41-42-45-48-51-54-57-60-66(69)72-63-64(62-71-65(68)59-56-53-50-47-44-21-18-15-12-9-6-3)73-67(70)61-58-55-52-49-46-43-40-25-23-20-17-14-11-8-5-2/h7-8,10-11,16-17,19-20,24-26,28-29,31-32,34-35,40,46,49,64H,4-6,9,12-15,18,21-23,27,30,33,36-39,41-45,47-48,50-63H2,1-3H3/b10-7-,11-8-,19-16-,20-17-,26-24-,29-28-,32-31-,35-34-,40-25-,49-46-. The Morgan fingerprint density at radius 1 is 0.288 bits per heavy atom. The van der Waals surface area contributed by atoms with E-state index < -0.39 is 6.10 Å². The monoisotopic (exact) mass is 1010 g/mol. The lowest BCUT2D eigenvalue weighted by atomic mass is 10.1. The summed E-state index contributed by atoms with van der Waals surface area (Å²) in [6, 6.07) is 0. The van der Waals surface area contributed by atoms with Crippen LogP contribution in [0.3, 0.4) is 0 Å². The Morgan fingerprint density at radius 2 is 0.534 bits per heavy atom. The smallest absolute Gasteiger partial charge is 0.306 e. The molecule has 73 heavy (non-hydrogen) atoms. The van der Waals surface area contributed by atoms with Crippen molar-refractivity contribution >= 4 is 17.9 Å². The normalized spacial score (nSPS) is 13.0. The van der Waals surface area contributed by atoms with Gasteiger partial charge in [0.2, 0.25) is 0 Å². The molecule has 0 fully saturated rings. The van der Waals surface area contributed by atoms with Crippen LogP contribution < -0.4 is 0 Å². The van der Waals surface area contributed by atoms with Crippen molar-refractivity contribution in [3.8, 4) is 0 Å². The Bertz CT molecular complexity index is 1540. The highest BCUT2D eigenvalue weighted by Crippen LogP contribution is 2.15. The summed E-state index contributed by atoms with van der Waals surface area (Å²) in [7, 11) is 0. The summed E-state index contributed by atoms with van der Waals surface area (Å²) in [6.45, 7) is 6.37. The molecule has 6 heteroatoms. The van der Waals surface area contributed by atoms with Gasteiger partial charge in [0, 0.05) is 19.3 Å². The molecule has 414 valence electrons. The first kappa shape index (κ1) is 68.8. The molecular weight excluding hydrogens is 901 g/mol. The van der Waals surface area contributed by atoms with Crippen LogP contribution in [0.4, 0.5) is 0 Å². The van der Waals surface area contributed by atoms with Crippen LogP contribution in [0.25, 0.3) is 0 Å². The Hall–Kier alpha value is -4.19. The van der Waals surface area contributed by atoms with Crippen molar-refractivity contribution in [3.63, 3.8) is 0 Å². The molecule has 1 unspecified atom stereocenters. The largest absolute Gasteiger partial charge is 0.462 e. The van der Waals surface area contributed by atoms with Gasteiger partial charge in [0.1, 0.15) is 13.2 Å². The molecule has 0 aromatic carbocycles. The number of hydrogen-bond donors (Lipinski definition) is 0. The number of esters is 3. The first-order chi connectivity index (χ1) is 36.0. The maximum absolute atomic E-state index is 12.8. The van der Waals surface area contributed by atoms with Crippen molar-refractivity contribution in [2.45, 2.75) is 271 Å². The fourth-order valence-corrected chi connectivity index (χ4v) is 8.03. The van der Waals surface area contributed by atoms with Gasteiger partial charge in [-0.25, -0.2) is 0 Å². The molecule has 0 saturated carbocycles. The second-order valence-electron chi connectivity index (χ2n) is 19.5. The van der Waals surface area contributed by atoms with Crippen molar-refractivity contribution in [2.75, 3.05) is 13.2 Å². The summed E-state index contributed by atoms with van der Waals surface area (Å²) >= 11 is 0. The highest BCUT2D eigenvalue weighted by Gasteiger charge is 2.19. The third kappa shape index (κ3) is 58.6. The summed E-state index contributed by atoms with van der Waals surface area (Å²) in [4.78, 5) is 38.1. The second kappa shape index (κ2) is 60.4. The van der Waals surface area contributed by atoms with E-state index in [0.717, 1.165) is 116 Å². The second-order valence-corrected chi connectivity index (χ2v) is 19.5. The molecule has 1 atom stereocenters. The van der Waals surface area contributed by atoms with Crippen LogP contribution in [0.1, 0.15) is 265 Å². The molecule has 0 aliphatic rings. The number of carbonyl (C=O) groups excluding carboxylic acids is 3. The van der Waals surface area contributed by atoms with E-state index in [0.29, 0.717) is 19.3 Å². The van der Waals surface area contributed by atoms with E-state index in [1.54, 1.807) is 0 Å². The highest BCUT2D eigenvalue weighted by atomic mass is 16.6. The van der Waals surface area contributed by atoms with Gasteiger partial charge in [0.25, 0.3) is 0 Å². The molecule has 0 radical (unpaired) electrons. The summed E-state index contributed by atoms with van der Waals surface area (Å²) in [5.74, 6) is -0.943. The van der Waals surface area contributed by atoms with Crippen LogP contribution >= 0.6 is 0 Å². The maximum Gasteiger partial charge on any atom is 0.306 e. The average molecular weight is 1010 g/mol. The number of rotatable bonds is 53. The Balaban J connectivity index is 4.29. The molecule has 0 aliphatic heterocycles. The van der Waals surface area contributed by atoms with Crippen molar-refractivity contribution < 1.29 is 28.6 Å². The lowest BCUT2D eigenvalue weighted by molar-refractivity contribution is -0.167. The quantitative estimate of drug-likeness (QED) is 0.0261. The molecule has 0 N–H and O–H groups in total. The predicted molar refractivity (Wildman–Crippen MR) is 316 cm³/mol.